The van der Waals surface area contributed by atoms with E-state index in [4.69, 9.17) is 10.5 Å². The normalized spacial score (nSPS) is 11.2. The summed E-state index contributed by atoms with van der Waals surface area (Å²) in [5.41, 5.74) is 10.7. The van der Waals surface area contributed by atoms with Crippen molar-refractivity contribution in [3.63, 3.8) is 0 Å². The Morgan fingerprint density at radius 1 is 1.00 bits per heavy atom. The van der Waals surface area contributed by atoms with Gasteiger partial charge in [0.2, 0.25) is 5.95 Å². The Kier molecular flexibility index (Phi) is 7.94. The van der Waals surface area contributed by atoms with Crippen molar-refractivity contribution in [3.05, 3.63) is 72.7 Å². The molecule has 0 spiro atoms. The molecule has 0 saturated carbocycles. The fraction of sp³-hybridized carbons (Fsp3) is 0.136. The summed E-state index contributed by atoms with van der Waals surface area (Å²) in [4.78, 5) is 13.2. The topological polar surface area (TPSA) is 86.0 Å². The minimum atomic E-state index is 0. The number of nitrogens with two attached hydrogens (primary N) is 1. The summed E-state index contributed by atoms with van der Waals surface area (Å²) in [6, 6.07) is 15.8. The zero-order valence-electron chi connectivity index (χ0n) is 16.6. The number of ether oxygens (including phenoxy) is 1. The molecule has 2 aromatic heterocycles. The third-order valence-electron chi connectivity index (χ3n) is 4.58. The number of benzene rings is 2. The van der Waals surface area contributed by atoms with Crippen molar-refractivity contribution in [2.24, 2.45) is 5.73 Å². The molecule has 0 unspecified atom stereocenters. The van der Waals surface area contributed by atoms with E-state index >= 15 is 0 Å². The third kappa shape index (κ3) is 4.97. The minimum absolute atomic E-state index is 0. The van der Waals surface area contributed by atoms with Gasteiger partial charge in [0.25, 0.3) is 0 Å². The lowest BCUT2D eigenvalue weighted by Gasteiger charge is -2.12. The highest BCUT2D eigenvalue weighted by Crippen LogP contribution is 2.33. The predicted octanol–water partition coefficient (Wildman–Crippen LogP) is 5.31. The zero-order chi connectivity index (χ0) is 19.5. The highest BCUT2D eigenvalue weighted by molar-refractivity contribution is 5.88. The number of methoxy groups -OCH3 is 1. The Hall–Kier alpha value is -2.93. The minimum Gasteiger partial charge on any atom is -0.496 e. The predicted molar refractivity (Wildman–Crippen MR) is 126 cm³/mol. The maximum Gasteiger partial charge on any atom is 0.227 e. The van der Waals surface area contributed by atoms with Crippen molar-refractivity contribution in [1.29, 1.82) is 0 Å². The molecule has 8 heteroatoms. The van der Waals surface area contributed by atoms with Gasteiger partial charge in [0, 0.05) is 47.3 Å². The Bertz CT molecular complexity index is 1110. The first-order valence-electron chi connectivity index (χ1n) is 9.02. The van der Waals surface area contributed by atoms with E-state index in [2.05, 4.69) is 20.3 Å². The van der Waals surface area contributed by atoms with Crippen LogP contribution >= 0.6 is 24.8 Å². The van der Waals surface area contributed by atoms with Gasteiger partial charge >= 0.3 is 0 Å². The maximum absolute atomic E-state index is 5.90. The summed E-state index contributed by atoms with van der Waals surface area (Å²) in [5.74, 6) is 1.28. The molecule has 2 aromatic carbocycles. The third-order valence-corrected chi connectivity index (χ3v) is 4.58. The SMILES string of the molecule is COc1cc2nc(Nc3ccc([C@@H](C)N)cc3)ncc2cc1-c1ccncc1.Cl.Cl. The molecule has 1 atom stereocenters. The monoisotopic (exact) mass is 443 g/mol. The van der Waals surface area contributed by atoms with Crippen molar-refractivity contribution in [3.8, 4) is 16.9 Å². The second kappa shape index (κ2) is 10.2. The van der Waals surface area contributed by atoms with E-state index in [9.17, 15) is 0 Å². The molecule has 0 aliphatic rings. The van der Waals surface area contributed by atoms with Crippen LogP contribution in [-0.2, 0) is 0 Å². The van der Waals surface area contributed by atoms with Crippen LogP contribution < -0.4 is 15.8 Å². The second-order valence-electron chi connectivity index (χ2n) is 6.58. The molecular formula is C22H23Cl2N5O. The van der Waals surface area contributed by atoms with Gasteiger partial charge in [-0.3, -0.25) is 4.98 Å². The van der Waals surface area contributed by atoms with Gasteiger partial charge in [-0.15, -0.1) is 24.8 Å². The van der Waals surface area contributed by atoms with Gasteiger partial charge in [-0.05, 0) is 48.4 Å². The molecule has 0 amide bonds. The molecule has 0 saturated heterocycles. The summed E-state index contributed by atoms with van der Waals surface area (Å²) in [5, 5.41) is 4.17. The lowest BCUT2D eigenvalue weighted by atomic mass is 10.0. The van der Waals surface area contributed by atoms with Crippen molar-refractivity contribution in [2.75, 3.05) is 12.4 Å². The van der Waals surface area contributed by atoms with Crippen molar-refractivity contribution in [1.82, 2.24) is 15.0 Å². The first-order valence-corrected chi connectivity index (χ1v) is 9.02. The number of pyridine rings is 1. The highest BCUT2D eigenvalue weighted by Gasteiger charge is 2.10. The van der Waals surface area contributed by atoms with Crippen LogP contribution in [0.5, 0.6) is 5.75 Å². The summed E-state index contributed by atoms with van der Waals surface area (Å²) in [6.45, 7) is 1.96. The number of rotatable bonds is 5. The van der Waals surface area contributed by atoms with Crippen LogP contribution in [-0.4, -0.2) is 22.1 Å². The Balaban J connectivity index is 0.00000160. The first kappa shape index (κ1) is 23.3. The second-order valence-corrected chi connectivity index (χ2v) is 6.58. The van der Waals surface area contributed by atoms with Gasteiger partial charge in [-0.2, -0.15) is 0 Å². The Morgan fingerprint density at radius 3 is 2.33 bits per heavy atom. The van der Waals surface area contributed by atoms with E-state index < -0.39 is 0 Å². The average Bonchev–Trinajstić information content (AvgIpc) is 2.73. The quantitative estimate of drug-likeness (QED) is 0.434. The number of aromatic nitrogens is 3. The molecular weight excluding hydrogens is 421 g/mol. The molecule has 4 aromatic rings. The van der Waals surface area contributed by atoms with Crippen molar-refractivity contribution in [2.45, 2.75) is 13.0 Å². The van der Waals surface area contributed by atoms with Crippen LogP contribution in [0.15, 0.2) is 67.1 Å². The van der Waals surface area contributed by atoms with E-state index in [1.165, 1.54) is 0 Å². The smallest absolute Gasteiger partial charge is 0.227 e. The average molecular weight is 444 g/mol. The lowest BCUT2D eigenvalue weighted by Crippen LogP contribution is -2.04. The summed E-state index contributed by atoms with van der Waals surface area (Å²) >= 11 is 0. The van der Waals surface area contributed by atoms with Gasteiger partial charge in [0.05, 0.1) is 12.6 Å². The number of halogens is 2. The van der Waals surface area contributed by atoms with Crippen LogP contribution in [0.3, 0.4) is 0 Å². The van der Waals surface area contributed by atoms with Crippen molar-refractivity contribution >= 4 is 47.4 Å². The lowest BCUT2D eigenvalue weighted by molar-refractivity contribution is 0.417. The first-order chi connectivity index (χ1) is 13.6. The fourth-order valence-corrected chi connectivity index (χ4v) is 3.04. The van der Waals surface area contributed by atoms with Gasteiger partial charge in [0.15, 0.2) is 0 Å². The zero-order valence-corrected chi connectivity index (χ0v) is 18.2. The van der Waals surface area contributed by atoms with Crippen LogP contribution in [0.2, 0.25) is 0 Å². The van der Waals surface area contributed by atoms with Crippen LogP contribution in [0.25, 0.3) is 22.0 Å². The molecule has 0 fully saturated rings. The molecule has 6 nitrogen and oxygen atoms in total. The molecule has 30 heavy (non-hydrogen) atoms. The highest BCUT2D eigenvalue weighted by atomic mass is 35.5. The standard InChI is InChI=1S/C22H21N5O.2ClH/c1-14(23)15-3-5-18(6-4-15)26-22-25-13-17-11-19(16-7-9-24-10-8-16)21(28-2)12-20(17)27-22;;/h3-14H,23H2,1-2H3,(H,25,26,27);2*1H/t14-;;/m1../s1. The summed E-state index contributed by atoms with van der Waals surface area (Å²) < 4.78 is 5.59. The van der Waals surface area contributed by atoms with E-state index in [-0.39, 0.29) is 30.9 Å². The molecule has 0 aliphatic carbocycles. The maximum atomic E-state index is 5.90. The van der Waals surface area contributed by atoms with E-state index in [0.717, 1.165) is 39.0 Å². The summed E-state index contributed by atoms with van der Waals surface area (Å²) in [7, 11) is 1.66. The number of hydrogen-bond donors (Lipinski definition) is 2. The molecule has 4 rings (SSSR count). The summed E-state index contributed by atoms with van der Waals surface area (Å²) in [6.07, 6.45) is 5.34. The van der Waals surface area contributed by atoms with Crippen molar-refractivity contribution < 1.29 is 4.74 Å². The molecule has 0 bridgehead atoms. The molecule has 0 radical (unpaired) electrons. The van der Waals surface area contributed by atoms with Gasteiger partial charge in [0.1, 0.15) is 5.75 Å². The number of anilines is 2. The number of hydrogen-bond acceptors (Lipinski definition) is 6. The number of nitrogens with one attached hydrogen (secondary N) is 1. The number of fused-ring (bicyclic) bond motifs is 1. The Labute approximate surface area is 187 Å². The molecule has 3 N–H and O–H groups in total. The van der Waals surface area contributed by atoms with Gasteiger partial charge < -0.3 is 15.8 Å². The van der Waals surface area contributed by atoms with E-state index in [1.807, 2.05) is 61.7 Å². The molecule has 0 aliphatic heterocycles. The fourth-order valence-electron chi connectivity index (χ4n) is 3.04. The van der Waals surface area contributed by atoms with Gasteiger partial charge in [-0.25, -0.2) is 9.97 Å². The largest absolute Gasteiger partial charge is 0.496 e. The van der Waals surface area contributed by atoms with E-state index in [0.29, 0.717) is 5.95 Å². The van der Waals surface area contributed by atoms with E-state index in [1.54, 1.807) is 19.5 Å². The van der Waals surface area contributed by atoms with Crippen LogP contribution in [0, 0.1) is 0 Å². The van der Waals surface area contributed by atoms with Crippen LogP contribution in [0.4, 0.5) is 11.6 Å². The van der Waals surface area contributed by atoms with Crippen LogP contribution in [0.1, 0.15) is 18.5 Å². The Morgan fingerprint density at radius 2 is 1.70 bits per heavy atom. The molecule has 156 valence electrons. The van der Waals surface area contributed by atoms with Gasteiger partial charge in [-0.1, -0.05) is 12.1 Å². The molecule has 2 heterocycles. The number of nitrogens with zero attached hydrogens (tertiary/aromatic N) is 3.